The van der Waals surface area contributed by atoms with Crippen molar-refractivity contribution in [2.24, 2.45) is 0 Å². The summed E-state index contributed by atoms with van der Waals surface area (Å²) in [5.41, 5.74) is 3.70. The van der Waals surface area contributed by atoms with Gasteiger partial charge in [0, 0.05) is 6.54 Å². The van der Waals surface area contributed by atoms with Gasteiger partial charge in [-0.15, -0.1) is 0 Å². The molecule has 4 N–H and O–H groups in total. The minimum absolute atomic E-state index is 0.302. The van der Waals surface area contributed by atoms with Gasteiger partial charge in [0.15, 0.2) is 0 Å². The molecule has 0 spiro atoms. The molecule has 0 saturated carbocycles. The summed E-state index contributed by atoms with van der Waals surface area (Å²) in [6.07, 6.45) is 0. The zero-order valence-electron chi connectivity index (χ0n) is 11.3. The second-order valence-electron chi connectivity index (χ2n) is 4.97. The summed E-state index contributed by atoms with van der Waals surface area (Å²) >= 11 is 0. The second-order valence-corrected chi connectivity index (χ2v) is 4.97. The predicted octanol–water partition coefficient (Wildman–Crippen LogP) is 0.417. The maximum Gasteiger partial charge on any atom is 0.0884 e. The Bertz CT molecular complexity index is 392. The van der Waals surface area contributed by atoms with Crippen molar-refractivity contribution in [3.8, 4) is 0 Å². The van der Waals surface area contributed by atoms with Gasteiger partial charge in [-0.25, -0.2) is 0 Å². The number of aliphatic hydroxyl groups excluding tert-OH is 3. The SMILES string of the molecule is Cc1cc(C)c(CNC(CO)(CO)CO)cc1C. The fourth-order valence-corrected chi connectivity index (χ4v) is 1.81. The predicted molar refractivity (Wildman–Crippen MR) is 71.5 cm³/mol. The summed E-state index contributed by atoms with van der Waals surface area (Å²) in [6, 6.07) is 4.21. The van der Waals surface area contributed by atoms with E-state index in [1.54, 1.807) is 0 Å². The van der Waals surface area contributed by atoms with E-state index in [1.807, 2.05) is 6.92 Å². The number of aliphatic hydroxyl groups is 3. The molecule has 0 aliphatic rings. The normalized spacial score (nSPS) is 11.9. The van der Waals surface area contributed by atoms with Crippen molar-refractivity contribution >= 4 is 0 Å². The molecule has 0 radical (unpaired) electrons. The summed E-state index contributed by atoms with van der Waals surface area (Å²) in [4.78, 5) is 0. The minimum atomic E-state index is -1.02. The summed E-state index contributed by atoms with van der Waals surface area (Å²) in [7, 11) is 0. The van der Waals surface area contributed by atoms with Gasteiger partial charge in [-0.1, -0.05) is 12.1 Å². The van der Waals surface area contributed by atoms with Gasteiger partial charge in [-0.3, -0.25) is 0 Å². The lowest BCUT2D eigenvalue weighted by molar-refractivity contribution is 0.0413. The quantitative estimate of drug-likeness (QED) is 0.593. The average molecular weight is 253 g/mol. The fraction of sp³-hybridized carbons (Fsp3) is 0.571. The summed E-state index contributed by atoms with van der Waals surface area (Å²) in [5.74, 6) is 0. The van der Waals surface area contributed by atoms with Crippen LogP contribution in [0.15, 0.2) is 12.1 Å². The lowest BCUT2D eigenvalue weighted by Crippen LogP contribution is -2.54. The summed E-state index contributed by atoms with van der Waals surface area (Å²) in [6.45, 7) is 5.75. The van der Waals surface area contributed by atoms with Crippen LogP contribution in [0.25, 0.3) is 0 Å². The van der Waals surface area contributed by atoms with Crippen molar-refractivity contribution in [1.29, 1.82) is 0 Å². The van der Waals surface area contributed by atoms with E-state index < -0.39 is 5.54 Å². The molecule has 0 aliphatic heterocycles. The average Bonchev–Trinajstić information content (AvgIpc) is 2.37. The molecule has 0 heterocycles. The summed E-state index contributed by atoms with van der Waals surface area (Å²) in [5, 5.41) is 30.8. The first-order valence-electron chi connectivity index (χ1n) is 6.12. The van der Waals surface area contributed by atoms with E-state index in [0.29, 0.717) is 6.54 Å². The third-order valence-electron chi connectivity index (χ3n) is 3.51. The van der Waals surface area contributed by atoms with Crippen LogP contribution in [0.3, 0.4) is 0 Å². The molecule has 18 heavy (non-hydrogen) atoms. The zero-order valence-corrected chi connectivity index (χ0v) is 11.3. The van der Waals surface area contributed by atoms with Crippen LogP contribution in [0, 0.1) is 20.8 Å². The molecule has 1 rings (SSSR count). The Hall–Kier alpha value is -0.940. The molecule has 0 amide bonds. The number of hydrogen-bond donors (Lipinski definition) is 4. The van der Waals surface area contributed by atoms with E-state index in [4.69, 9.17) is 0 Å². The molecule has 4 heteroatoms. The van der Waals surface area contributed by atoms with E-state index in [-0.39, 0.29) is 19.8 Å². The smallest absolute Gasteiger partial charge is 0.0884 e. The molecule has 0 atom stereocenters. The first-order valence-corrected chi connectivity index (χ1v) is 6.12. The number of hydrogen-bond acceptors (Lipinski definition) is 4. The van der Waals surface area contributed by atoms with Gasteiger partial charge in [0.1, 0.15) is 0 Å². The van der Waals surface area contributed by atoms with Crippen LogP contribution in [0.2, 0.25) is 0 Å². The Morgan fingerprint density at radius 1 is 0.889 bits per heavy atom. The fourth-order valence-electron chi connectivity index (χ4n) is 1.81. The van der Waals surface area contributed by atoms with Gasteiger partial charge < -0.3 is 20.6 Å². The van der Waals surface area contributed by atoms with Crippen LogP contribution in [-0.4, -0.2) is 40.7 Å². The van der Waals surface area contributed by atoms with Crippen LogP contribution in [0.4, 0.5) is 0 Å². The monoisotopic (exact) mass is 253 g/mol. The molecular weight excluding hydrogens is 230 g/mol. The molecule has 0 aromatic heterocycles. The van der Waals surface area contributed by atoms with Crippen LogP contribution in [0.1, 0.15) is 22.3 Å². The first kappa shape index (κ1) is 15.1. The highest BCUT2D eigenvalue weighted by atomic mass is 16.3. The van der Waals surface area contributed by atoms with Crippen molar-refractivity contribution < 1.29 is 15.3 Å². The molecule has 102 valence electrons. The molecule has 0 bridgehead atoms. The molecular formula is C14H23NO3. The first-order chi connectivity index (χ1) is 8.48. The maximum atomic E-state index is 9.24. The van der Waals surface area contributed by atoms with Gasteiger partial charge in [0.05, 0.1) is 25.4 Å². The highest BCUT2D eigenvalue weighted by Gasteiger charge is 2.27. The Balaban J connectivity index is 2.83. The largest absolute Gasteiger partial charge is 0.394 e. The standard InChI is InChI=1S/C14H23NO3/c1-10-4-12(3)13(5-11(10)2)6-15-14(7-16,8-17)9-18/h4-5,15-18H,6-9H2,1-3H3. The third-order valence-corrected chi connectivity index (χ3v) is 3.51. The molecule has 1 aromatic rings. The van der Waals surface area contributed by atoms with Crippen LogP contribution < -0.4 is 5.32 Å². The number of nitrogens with one attached hydrogen (secondary N) is 1. The van der Waals surface area contributed by atoms with E-state index >= 15 is 0 Å². The van der Waals surface area contributed by atoms with Crippen molar-refractivity contribution in [2.75, 3.05) is 19.8 Å². The summed E-state index contributed by atoms with van der Waals surface area (Å²) < 4.78 is 0. The molecule has 1 aromatic carbocycles. The van der Waals surface area contributed by atoms with Gasteiger partial charge in [0.25, 0.3) is 0 Å². The Labute approximate surface area is 108 Å². The lowest BCUT2D eigenvalue weighted by atomic mass is 9.98. The minimum Gasteiger partial charge on any atom is -0.394 e. The topological polar surface area (TPSA) is 72.7 Å². The van der Waals surface area contributed by atoms with Crippen molar-refractivity contribution in [3.63, 3.8) is 0 Å². The van der Waals surface area contributed by atoms with Gasteiger partial charge in [-0.2, -0.15) is 0 Å². The van der Waals surface area contributed by atoms with E-state index in [9.17, 15) is 15.3 Å². The Morgan fingerprint density at radius 2 is 1.39 bits per heavy atom. The highest BCUT2D eigenvalue weighted by molar-refractivity contribution is 5.36. The van der Waals surface area contributed by atoms with E-state index in [1.165, 1.54) is 11.1 Å². The van der Waals surface area contributed by atoms with Crippen molar-refractivity contribution in [2.45, 2.75) is 32.9 Å². The third kappa shape index (κ3) is 3.29. The Kier molecular flexibility index (Phi) is 5.28. The second kappa shape index (κ2) is 6.29. The van der Waals surface area contributed by atoms with Gasteiger partial charge >= 0.3 is 0 Å². The Morgan fingerprint density at radius 3 is 1.89 bits per heavy atom. The van der Waals surface area contributed by atoms with Crippen LogP contribution >= 0.6 is 0 Å². The van der Waals surface area contributed by atoms with Crippen molar-refractivity contribution in [1.82, 2.24) is 5.32 Å². The van der Waals surface area contributed by atoms with E-state index in [0.717, 1.165) is 11.1 Å². The molecule has 0 unspecified atom stereocenters. The van der Waals surface area contributed by atoms with Crippen LogP contribution in [-0.2, 0) is 6.54 Å². The zero-order chi connectivity index (χ0) is 13.8. The molecule has 0 fully saturated rings. The molecule has 0 aliphatic carbocycles. The van der Waals surface area contributed by atoms with Crippen LogP contribution in [0.5, 0.6) is 0 Å². The molecule has 0 saturated heterocycles. The molecule has 4 nitrogen and oxygen atoms in total. The number of aryl methyl sites for hydroxylation is 3. The van der Waals surface area contributed by atoms with Crippen molar-refractivity contribution in [3.05, 3.63) is 34.4 Å². The van der Waals surface area contributed by atoms with Gasteiger partial charge in [0.2, 0.25) is 0 Å². The number of benzene rings is 1. The van der Waals surface area contributed by atoms with Gasteiger partial charge in [-0.05, 0) is 43.0 Å². The van der Waals surface area contributed by atoms with E-state index in [2.05, 4.69) is 31.3 Å². The highest BCUT2D eigenvalue weighted by Crippen LogP contribution is 2.16. The maximum absolute atomic E-state index is 9.24. The lowest BCUT2D eigenvalue weighted by Gasteiger charge is -2.29. The number of rotatable bonds is 6.